The first kappa shape index (κ1) is 16.0. The van der Waals surface area contributed by atoms with Gasteiger partial charge in [-0.2, -0.15) is 4.98 Å². The Bertz CT molecular complexity index is 713. The molecule has 5 N–H and O–H groups in total. The second-order valence-corrected chi connectivity index (χ2v) is 5.72. The van der Waals surface area contributed by atoms with Gasteiger partial charge in [-0.05, 0) is 30.9 Å². The average Bonchev–Trinajstić information content (AvgIpc) is 3.40. The summed E-state index contributed by atoms with van der Waals surface area (Å²) in [6, 6.07) is 3.77. The Morgan fingerprint density at radius 1 is 1.29 bits per heavy atom. The van der Waals surface area contributed by atoms with Gasteiger partial charge in [0.2, 0.25) is 11.9 Å². The highest BCUT2D eigenvalue weighted by molar-refractivity contribution is 5.74. The summed E-state index contributed by atoms with van der Waals surface area (Å²) >= 11 is 0. The average molecular weight is 327 g/mol. The molecule has 126 valence electrons. The maximum atomic E-state index is 10.9. The number of anilines is 4. The maximum Gasteiger partial charge on any atom is 0.229 e. The molecule has 0 unspecified atom stereocenters. The van der Waals surface area contributed by atoms with E-state index in [9.17, 15) is 4.79 Å². The van der Waals surface area contributed by atoms with Crippen LogP contribution in [0.3, 0.4) is 0 Å². The highest BCUT2D eigenvalue weighted by Gasteiger charge is 2.27. The van der Waals surface area contributed by atoms with Gasteiger partial charge in [0.1, 0.15) is 11.6 Å². The molecule has 0 saturated heterocycles. The SMILES string of the molecule is CNc1ccc(Nc2ncc(C3CC3)c(NCCC(N)=O)n2)cn1. The van der Waals surface area contributed by atoms with E-state index in [2.05, 4.69) is 30.9 Å². The maximum absolute atomic E-state index is 10.9. The molecule has 2 aromatic heterocycles. The van der Waals surface area contributed by atoms with Crippen molar-refractivity contribution >= 4 is 29.2 Å². The Morgan fingerprint density at radius 3 is 2.75 bits per heavy atom. The minimum atomic E-state index is -0.335. The predicted octanol–water partition coefficient (Wildman–Crippen LogP) is 1.82. The fourth-order valence-corrected chi connectivity index (χ4v) is 2.33. The molecule has 8 nitrogen and oxygen atoms in total. The van der Waals surface area contributed by atoms with Crippen molar-refractivity contribution in [3.8, 4) is 0 Å². The number of nitrogens with one attached hydrogen (secondary N) is 3. The minimum absolute atomic E-state index is 0.270. The topological polar surface area (TPSA) is 118 Å². The van der Waals surface area contributed by atoms with E-state index in [1.54, 1.807) is 6.20 Å². The Labute approximate surface area is 140 Å². The zero-order valence-corrected chi connectivity index (χ0v) is 13.5. The summed E-state index contributed by atoms with van der Waals surface area (Å²) in [7, 11) is 1.82. The Hall–Kier alpha value is -2.90. The molecule has 0 radical (unpaired) electrons. The molecule has 3 rings (SSSR count). The van der Waals surface area contributed by atoms with Gasteiger partial charge < -0.3 is 21.7 Å². The Balaban J connectivity index is 1.73. The molecule has 1 saturated carbocycles. The van der Waals surface area contributed by atoms with E-state index in [0.717, 1.165) is 35.7 Å². The van der Waals surface area contributed by atoms with Gasteiger partial charge in [0.15, 0.2) is 0 Å². The lowest BCUT2D eigenvalue weighted by atomic mass is 10.2. The van der Waals surface area contributed by atoms with Crippen LogP contribution in [0, 0.1) is 0 Å². The number of pyridine rings is 1. The first-order valence-electron chi connectivity index (χ1n) is 7.95. The normalized spacial score (nSPS) is 13.4. The largest absolute Gasteiger partial charge is 0.373 e. The lowest BCUT2D eigenvalue weighted by Gasteiger charge is -2.12. The van der Waals surface area contributed by atoms with Crippen LogP contribution < -0.4 is 21.7 Å². The van der Waals surface area contributed by atoms with Crippen molar-refractivity contribution in [3.63, 3.8) is 0 Å². The van der Waals surface area contributed by atoms with Crippen molar-refractivity contribution in [2.45, 2.75) is 25.2 Å². The smallest absolute Gasteiger partial charge is 0.229 e. The van der Waals surface area contributed by atoms with Crippen LogP contribution in [0.4, 0.5) is 23.3 Å². The molecular weight excluding hydrogens is 306 g/mol. The molecule has 1 fully saturated rings. The number of carbonyl (C=O) groups is 1. The molecule has 1 aliphatic carbocycles. The number of amides is 1. The third-order valence-electron chi connectivity index (χ3n) is 3.77. The molecular formula is C16H21N7O. The van der Waals surface area contributed by atoms with E-state index in [-0.39, 0.29) is 12.3 Å². The van der Waals surface area contributed by atoms with Crippen molar-refractivity contribution in [3.05, 3.63) is 30.1 Å². The van der Waals surface area contributed by atoms with Crippen LogP contribution in [0.1, 0.15) is 30.7 Å². The molecule has 2 heterocycles. The van der Waals surface area contributed by atoms with Gasteiger partial charge in [-0.15, -0.1) is 0 Å². The van der Waals surface area contributed by atoms with Crippen LogP contribution in [-0.2, 0) is 4.79 Å². The van der Waals surface area contributed by atoms with Crippen LogP contribution in [0.25, 0.3) is 0 Å². The van der Waals surface area contributed by atoms with Crippen molar-refractivity contribution in [1.82, 2.24) is 15.0 Å². The third kappa shape index (κ3) is 4.09. The lowest BCUT2D eigenvalue weighted by Crippen LogP contribution is -2.17. The van der Waals surface area contributed by atoms with Crippen molar-refractivity contribution in [2.75, 3.05) is 29.5 Å². The summed E-state index contributed by atoms with van der Waals surface area (Å²) in [4.78, 5) is 24.1. The van der Waals surface area contributed by atoms with Crippen LogP contribution >= 0.6 is 0 Å². The Morgan fingerprint density at radius 2 is 2.12 bits per heavy atom. The third-order valence-corrected chi connectivity index (χ3v) is 3.77. The van der Waals surface area contributed by atoms with E-state index in [0.29, 0.717) is 18.4 Å². The van der Waals surface area contributed by atoms with Gasteiger partial charge in [0.25, 0.3) is 0 Å². The summed E-state index contributed by atoms with van der Waals surface area (Å²) in [5, 5.41) is 9.30. The quantitative estimate of drug-likeness (QED) is 0.584. The molecule has 0 bridgehead atoms. The zero-order chi connectivity index (χ0) is 16.9. The number of hydrogen-bond acceptors (Lipinski definition) is 7. The first-order valence-corrected chi connectivity index (χ1v) is 7.95. The van der Waals surface area contributed by atoms with Gasteiger partial charge in [0, 0.05) is 31.8 Å². The molecule has 24 heavy (non-hydrogen) atoms. The van der Waals surface area contributed by atoms with Crippen molar-refractivity contribution < 1.29 is 4.79 Å². The van der Waals surface area contributed by atoms with Gasteiger partial charge in [0.05, 0.1) is 11.9 Å². The summed E-state index contributed by atoms with van der Waals surface area (Å²) in [6.45, 7) is 0.462. The number of hydrogen-bond donors (Lipinski definition) is 4. The van der Waals surface area contributed by atoms with Gasteiger partial charge in [-0.25, -0.2) is 9.97 Å². The van der Waals surface area contributed by atoms with Gasteiger partial charge in [-0.1, -0.05) is 0 Å². The van der Waals surface area contributed by atoms with Crippen LogP contribution in [0.5, 0.6) is 0 Å². The number of nitrogens with two attached hydrogens (primary N) is 1. The number of nitrogens with zero attached hydrogens (tertiary/aromatic N) is 3. The number of aromatic nitrogens is 3. The number of primary amides is 1. The number of rotatable bonds is 8. The molecule has 1 amide bonds. The van der Waals surface area contributed by atoms with Crippen LogP contribution in [0.2, 0.25) is 0 Å². The van der Waals surface area contributed by atoms with Gasteiger partial charge in [-0.3, -0.25) is 4.79 Å². The highest BCUT2D eigenvalue weighted by Crippen LogP contribution is 2.42. The van der Waals surface area contributed by atoms with E-state index in [1.165, 1.54) is 0 Å². The van der Waals surface area contributed by atoms with Crippen molar-refractivity contribution in [1.29, 1.82) is 0 Å². The van der Waals surface area contributed by atoms with Crippen LogP contribution in [0.15, 0.2) is 24.5 Å². The predicted molar refractivity (Wildman–Crippen MR) is 93.4 cm³/mol. The molecule has 2 aromatic rings. The van der Waals surface area contributed by atoms with Crippen molar-refractivity contribution in [2.24, 2.45) is 5.73 Å². The van der Waals surface area contributed by atoms with E-state index in [1.807, 2.05) is 25.4 Å². The fourth-order valence-electron chi connectivity index (χ4n) is 2.33. The second kappa shape index (κ2) is 7.12. The molecule has 1 aliphatic rings. The first-order chi connectivity index (χ1) is 11.7. The summed E-state index contributed by atoms with van der Waals surface area (Å²) < 4.78 is 0. The molecule has 0 aromatic carbocycles. The number of carbonyl (C=O) groups excluding carboxylic acids is 1. The van der Waals surface area contributed by atoms with E-state index in [4.69, 9.17) is 5.73 Å². The molecule has 0 atom stereocenters. The second-order valence-electron chi connectivity index (χ2n) is 5.72. The summed E-state index contributed by atoms with van der Waals surface area (Å²) in [5.41, 5.74) is 7.08. The summed E-state index contributed by atoms with van der Waals surface area (Å²) in [6.07, 6.45) is 6.12. The standard InChI is InChI=1S/C16H21N7O/c1-18-14-5-4-11(8-20-14)22-16-21-9-12(10-2-3-10)15(23-16)19-7-6-13(17)24/h4-5,8-10H,2-3,6-7H2,1H3,(H2,17,24)(H,18,20)(H2,19,21,22,23). The zero-order valence-electron chi connectivity index (χ0n) is 13.5. The Kier molecular flexibility index (Phi) is 4.74. The summed E-state index contributed by atoms with van der Waals surface area (Å²) in [5.74, 6) is 2.21. The molecule has 0 aliphatic heterocycles. The van der Waals surface area contributed by atoms with Gasteiger partial charge >= 0.3 is 0 Å². The van der Waals surface area contributed by atoms with E-state index < -0.39 is 0 Å². The van der Waals surface area contributed by atoms with Crippen LogP contribution in [-0.4, -0.2) is 34.5 Å². The van der Waals surface area contributed by atoms with E-state index >= 15 is 0 Å². The highest BCUT2D eigenvalue weighted by atomic mass is 16.1. The molecule has 0 spiro atoms. The lowest BCUT2D eigenvalue weighted by molar-refractivity contribution is -0.117. The molecule has 8 heteroatoms. The fraction of sp³-hybridized carbons (Fsp3) is 0.375. The monoisotopic (exact) mass is 327 g/mol. The minimum Gasteiger partial charge on any atom is -0.373 e.